The fourth-order valence-corrected chi connectivity index (χ4v) is 2.92. The maximum Gasteiger partial charge on any atom is 0.250 e. The fourth-order valence-electron chi connectivity index (χ4n) is 1.94. The van der Waals surface area contributed by atoms with Crippen molar-refractivity contribution in [3.63, 3.8) is 0 Å². The van der Waals surface area contributed by atoms with Crippen LogP contribution in [0, 0.1) is 0 Å². The predicted molar refractivity (Wildman–Crippen MR) is 99.0 cm³/mol. The van der Waals surface area contributed by atoms with Crippen LogP contribution in [0.2, 0.25) is 10.0 Å². The Kier molecular flexibility index (Phi) is 5.40. The first-order valence-corrected chi connectivity index (χ1v) is 8.70. The molecule has 3 aromatic rings. The van der Waals surface area contributed by atoms with Crippen LogP contribution in [0.15, 0.2) is 52.7 Å². The molecule has 0 radical (unpaired) electrons. The summed E-state index contributed by atoms with van der Waals surface area (Å²) in [7, 11) is 0. The minimum absolute atomic E-state index is 0.207. The SMILES string of the molecule is O=C(CSc1nc2ccccc2[nH]1)N/N=C/c1ccc(Cl)c(Cl)c1. The van der Waals surface area contributed by atoms with Crippen molar-refractivity contribution in [1.82, 2.24) is 15.4 Å². The molecule has 0 fully saturated rings. The molecule has 1 amide bonds. The number of benzene rings is 2. The average Bonchev–Trinajstić information content (AvgIpc) is 2.99. The van der Waals surface area contributed by atoms with Crippen molar-refractivity contribution < 1.29 is 4.79 Å². The number of H-pyrrole nitrogens is 1. The Morgan fingerprint density at radius 3 is 2.88 bits per heavy atom. The molecule has 0 aliphatic heterocycles. The quantitative estimate of drug-likeness (QED) is 0.398. The van der Waals surface area contributed by atoms with Gasteiger partial charge < -0.3 is 4.98 Å². The van der Waals surface area contributed by atoms with E-state index in [2.05, 4.69) is 20.5 Å². The number of hydrogen-bond donors (Lipinski definition) is 2. The molecule has 0 atom stereocenters. The van der Waals surface area contributed by atoms with E-state index in [-0.39, 0.29) is 11.7 Å². The van der Waals surface area contributed by atoms with Crippen molar-refractivity contribution in [3.8, 4) is 0 Å². The molecule has 0 aliphatic rings. The zero-order valence-electron chi connectivity index (χ0n) is 12.3. The maximum atomic E-state index is 11.8. The first kappa shape index (κ1) is 16.8. The van der Waals surface area contributed by atoms with Gasteiger partial charge in [0.15, 0.2) is 5.16 Å². The second-order valence-electron chi connectivity index (χ2n) is 4.81. The summed E-state index contributed by atoms with van der Waals surface area (Å²) in [5, 5.41) is 5.50. The lowest BCUT2D eigenvalue weighted by atomic mass is 10.2. The number of aromatic nitrogens is 2. The van der Waals surface area contributed by atoms with Gasteiger partial charge in [0.25, 0.3) is 5.91 Å². The molecule has 8 heteroatoms. The molecule has 1 aromatic heterocycles. The molecule has 0 spiro atoms. The molecular weight excluding hydrogens is 367 g/mol. The monoisotopic (exact) mass is 378 g/mol. The zero-order chi connectivity index (χ0) is 16.9. The van der Waals surface area contributed by atoms with Gasteiger partial charge in [0, 0.05) is 0 Å². The summed E-state index contributed by atoms with van der Waals surface area (Å²) in [6, 6.07) is 12.8. The first-order valence-electron chi connectivity index (χ1n) is 6.96. The van der Waals surface area contributed by atoms with E-state index in [0.717, 1.165) is 16.6 Å². The van der Waals surface area contributed by atoms with Crippen LogP contribution < -0.4 is 5.43 Å². The summed E-state index contributed by atoms with van der Waals surface area (Å²) in [5.74, 6) is -0.0183. The summed E-state index contributed by atoms with van der Waals surface area (Å²) in [6.45, 7) is 0. The van der Waals surface area contributed by atoms with Crippen LogP contribution in [0.5, 0.6) is 0 Å². The Morgan fingerprint density at radius 1 is 1.25 bits per heavy atom. The Labute approximate surface area is 152 Å². The number of nitrogens with one attached hydrogen (secondary N) is 2. The van der Waals surface area contributed by atoms with Crippen molar-refractivity contribution in [2.75, 3.05) is 5.75 Å². The van der Waals surface area contributed by atoms with Crippen LogP contribution in [0.25, 0.3) is 11.0 Å². The lowest BCUT2D eigenvalue weighted by molar-refractivity contribution is -0.118. The van der Waals surface area contributed by atoms with Crippen molar-refractivity contribution in [1.29, 1.82) is 0 Å². The summed E-state index contributed by atoms with van der Waals surface area (Å²) in [4.78, 5) is 19.4. The largest absolute Gasteiger partial charge is 0.333 e. The summed E-state index contributed by atoms with van der Waals surface area (Å²) >= 11 is 13.1. The minimum atomic E-state index is -0.225. The topological polar surface area (TPSA) is 70.1 Å². The van der Waals surface area contributed by atoms with E-state index in [4.69, 9.17) is 23.2 Å². The number of thioether (sulfide) groups is 1. The van der Waals surface area contributed by atoms with Gasteiger partial charge in [0.2, 0.25) is 0 Å². The summed E-state index contributed by atoms with van der Waals surface area (Å²) in [6.07, 6.45) is 1.51. The smallest absolute Gasteiger partial charge is 0.250 e. The van der Waals surface area contributed by atoms with Crippen LogP contribution in [0.3, 0.4) is 0 Å². The van der Waals surface area contributed by atoms with Crippen molar-refractivity contribution in [3.05, 3.63) is 58.1 Å². The van der Waals surface area contributed by atoms with Crippen LogP contribution in [-0.4, -0.2) is 27.8 Å². The zero-order valence-corrected chi connectivity index (χ0v) is 14.6. The Hall–Kier alpha value is -2.02. The molecule has 3 rings (SSSR count). The number of nitrogens with zero attached hydrogens (tertiary/aromatic N) is 2. The normalized spacial score (nSPS) is 11.2. The molecule has 2 N–H and O–H groups in total. The highest BCUT2D eigenvalue weighted by atomic mass is 35.5. The number of para-hydroxylation sites is 2. The molecule has 0 saturated carbocycles. The number of halogens is 2. The van der Waals surface area contributed by atoms with E-state index in [1.807, 2.05) is 24.3 Å². The lowest BCUT2D eigenvalue weighted by Gasteiger charge is -1.99. The summed E-state index contributed by atoms with van der Waals surface area (Å²) < 4.78 is 0. The van der Waals surface area contributed by atoms with E-state index >= 15 is 0 Å². The number of amides is 1. The van der Waals surface area contributed by atoms with E-state index in [1.54, 1.807) is 18.2 Å². The van der Waals surface area contributed by atoms with E-state index in [0.29, 0.717) is 15.2 Å². The standard InChI is InChI=1S/C16H12Cl2N4OS/c17-11-6-5-10(7-12(11)18)8-19-22-15(23)9-24-16-20-13-3-1-2-4-14(13)21-16/h1-8H,9H2,(H,20,21)(H,22,23)/b19-8+. The molecule has 0 saturated heterocycles. The molecular formula is C16H12Cl2N4OS. The second-order valence-corrected chi connectivity index (χ2v) is 6.59. The highest BCUT2D eigenvalue weighted by Crippen LogP contribution is 2.22. The first-order chi connectivity index (χ1) is 11.6. The number of hydrazone groups is 1. The van der Waals surface area contributed by atoms with E-state index < -0.39 is 0 Å². The number of carbonyl (C=O) groups is 1. The van der Waals surface area contributed by atoms with Crippen molar-refractivity contribution in [2.45, 2.75) is 5.16 Å². The predicted octanol–water partition coefficient (Wildman–Crippen LogP) is 4.11. The third-order valence-corrected chi connectivity index (χ3v) is 4.67. The average molecular weight is 379 g/mol. The van der Waals surface area contributed by atoms with Gasteiger partial charge in [-0.2, -0.15) is 5.10 Å². The lowest BCUT2D eigenvalue weighted by Crippen LogP contribution is -2.19. The molecule has 0 unspecified atom stereocenters. The molecule has 1 heterocycles. The van der Waals surface area contributed by atoms with Gasteiger partial charge >= 0.3 is 0 Å². The minimum Gasteiger partial charge on any atom is -0.333 e. The van der Waals surface area contributed by atoms with E-state index in [9.17, 15) is 4.79 Å². The number of fused-ring (bicyclic) bond motifs is 1. The number of hydrogen-bond acceptors (Lipinski definition) is 4. The van der Waals surface area contributed by atoms with Crippen LogP contribution in [0.4, 0.5) is 0 Å². The molecule has 2 aromatic carbocycles. The molecule has 5 nitrogen and oxygen atoms in total. The fraction of sp³-hybridized carbons (Fsp3) is 0.0625. The molecule has 24 heavy (non-hydrogen) atoms. The third-order valence-electron chi connectivity index (χ3n) is 3.05. The molecule has 122 valence electrons. The highest BCUT2D eigenvalue weighted by Gasteiger charge is 2.06. The van der Waals surface area contributed by atoms with Crippen LogP contribution >= 0.6 is 35.0 Å². The second kappa shape index (κ2) is 7.70. The van der Waals surface area contributed by atoms with Gasteiger partial charge in [0.05, 0.1) is 33.0 Å². The van der Waals surface area contributed by atoms with Crippen molar-refractivity contribution >= 4 is 58.1 Å². The van der Waals surface area contributed by atoms with Gasteiger partial charge in [0.1, 0.15) is 0 Å². The number of aromatic amines is 1. The number of carbonyl (C=O) groups excluding carboxylic acids is 1. The number of imidazole rings is 1. The van der Waals surface area contributed by atoms with Gasteiger partial charge in [-0.3, -0.25) is 4.79 Å². The Balaban J connectivity index is 1.51. The van der Waals surface area contributed by atoms with Gasteiger partial charge in [-0.05, 0) is 29.8 Å². The van der Waals surface area contributed by atoms with Gasteiger partial charge in [-0.1, -0.05) is 53.2 Å². The van der Waals surface area contributed by atoms with Gasteiger partial charge in [-0.25, -0.2) is 10.4 Å². The van der Waals surface area contributed by atoms with E-state index in [1.165, 1.54) is 18.0 Å². The Bertz CT molecular complexity index is 877. The summed E-state index contributed by atoms with van der Waals surface area (Å²) in [5.41, 5.74) is 5.02. The van der Waals surface area contributed by atoms with Crippen molar-refractivity contribution in [2.24, 2.45) is 5.10 Å². The third kappa shape index (κ3) is 4.29. The highest BCUT2D eigenvalue weighted by molar-refractivity contribution is 7.99. The number of rotatable bonds is 5. The van der Waals surface area contributed by atoms with Gasteiger partial charge in [-0.15, -0.1) is 0 Å². The maximum absolute atomic E-state index is 11.8. The van der Waals surface area contributed by atoms with Crippen LogP contribution in [0.1, 0.15) is 5.56 Å². The molecule has 0 bridgehead atoms. The molecule has 0 aliphatic carbocycles. The van der Waals surface area contributed by atoms with Crippen LogP contribution in [-0.2, 0) is 4.79 Å². The Morgan fingerprint density at radius 2 is 2.08 bits per heavy atom.